The predicted octanol–water partition coefficient (Wildman–Crippen LogP) is 2.93. The Morgan fingerprint density at radius 1 is 1.25 bits per heavy atom. The largest absolute Gasteiger partial charge is 0.382 e. The van der Waals surface area contributed by atoms with Crippen LogP contribution in [0.3, 0.4) is 0 Å². The molecule has 20 heavy (non-hydrogen) atoms. The molecule has 2 rings (SSSR count). The van der Waals surface area contributed by atoms with Crippen molar-refractivity contribution in [1.82, 2.24) is 9.97 Å². The summed E-state index contributed by atoms with van der Waals surface area (Å²) in [6.07, 6.45) is 2.41. The van der Waals surface area contributed by atoms with Crippen molar-refractivity contribution in [3.05, 3.63) is 11.4 Å². The van der Waals surface area contributed by atoms with Crippen molar-refractivity contribution < 1.29 is 4.74 Å². The zero-order valence-corrected chi connectivity index (χ0v) is 13.2. The molecule has 1 heterocycles. The van der Waals surface area contributed by atoms with Gasteiger partial charge in [-0.3, -0.25) is 0 Å². The van der Waals surface area contributed by atoms with Gasteiger partial charge in [-0.25, -0.2) is 9.97 Å². The van der Waals surface area contributed by atoms with Crippen molar-refractivity contribution in [3.63, 3.8) is 0 Å². The Morgan fingerprint density at radius 3 is 2.45 bits per heavy atom. The SMILES string of the molecule is CCNc1nc(C2CC2)nc(NC(C)(C)COC)c1C. The maximum Gasteiger partial charge on any atom is 0.136 e. The molecule has 0 aliphatic heterocycles. The quantitative estimate of drug-likeness (QED) is 0.803. The molecule has 0 spiro atoms. The molecule has 0 bridgehead atoms. The van der Waals surface area contributed by atoms with Gasteiger partial charge in [0.25, 0.3) is 0 Å². The summed E-state index contributed by atoms with van der Waals surface area (Å²) in [5.41, 5.74) is 0.915. The van der Waals surface area contributed by atoms with Crippen LogP contribution in [0.15, 0.2) is 0 Å². The first-order valence-corrected chi connectivity index (χ1v) is 7.36. The third-order valence-electron chi connectivity index (χ3n) is 3.41. The Balaban J connectivity index is 2.30. The minimum absolute atomic E-state index is 0.155. The average Bonchev–Trinajstić information content (AvgIpc) is 3.18. The van der Waals surface area contributed by atoms with Crippen molar-refractivity contribution in [1.29, 1.82) is 0 Å². The van der Waals surface area contributed by atoms with E-state index in [1.165, 1.54) is 12.8 Å². The minimum atomic E-state index is -0.155. The lowest BCUT2D eigenvalue weighted by Crippen LogP contribution is -2.36. The van der Waals surface area contributed by atoms with Crippen LogP contribution in [0.25, 0.3) is 0 Å². The lowest BCUT2D eigenvalue weighted by atomic mass is 10.1. The van der Waals surface area contributed by atoms with Gasteiger partial charge in [-0.1, -0.05) is 0 Å². The van der Waals surface area contributed by atoms with Gasteiger partial charge in [0.05, 0.1) is 12.1 Å². The molecule has 0 amide bonds. The Labute approximate surface area is 121 Å². The normalized spacial score (nSPS) is 15.2. The number of nitrogens with one attached hydrogen (secondary N) is 2. The molecule has 0 aromatic carbocycles. The van der Waals surface area contributed by atoms with E-state index < -0.39 is 0 Å². The first-order valence-electron chi connectivity index (χ1n) is 7.36. The molecular formula is C15H26N4O. The van der Waals surface area contributed by atoms with Crippen LogP contribution in [-0.2, 0) is 4.74 Å². The van der Waals surface area contributed by atoms with Crippen LogP contribution in [0.1, 0.15) is 50.9 Å². The summed E-state index contributed by atoms with van der Waals surface area (Å²) >= 11 is 0. The molecule has 1 fully saturated rings. The lowest BCUT2D eigenvalue weighted by Gasteiger charge is -2.27. The summed E-state index contributed by atoms with van der Waals surface area (Å²) in [5.74, 6) is 3.36. The molecule has 1 aromatic heterocycles. The van der Waals surface area contributed by atoms with Crippen molar-refractivity contribution in [3.8, 4) is 0 Å². The maximum atomic E-state index is 5.26. The van der Waals surface area contributed by atoms with Crippen LogP contribution in [0.2, 0.25) is 0 Å². The van der Waals surface area contributed by atoms with Gasteiger partial charge in [0.2, 0.25) is 0 Å². The highest BCUT2D eigenvalue weighted by Gasteiger charge is 2.29. The van der Waals surface area contributed by atoms with E-state index in [1.807, 2.05) is 0 Å². The van der Waals surface area contributed by atoms with E-state index in [0.29, 0.717) is 12.5 Å². The van der Waals surface area contributed by atoms with Crippen molar-refractivity contribution in [2.24, 2.45) is 0 Å². The fraction of sp³-hybridized carbons (Fsp3) is 0.733. The van der Waals surface area contributed by atoms with E-state index in [1.54, 1.807) is 7.11 Å². The summed E-state index contributed by atoms with van der Waals surface area (Å²) in [7, 11) is 1.72. The molecule has 0 radical (unpaired) electrons. The molecule has 112 valence electrons. The molecule has 5 heteroatoms. The summed E-state index contributed by atoms with van der Waals surface area (Å²) in [6, 6.07) is 0. The average molecular weight is 278 g/mol. The van der Waals surface area contributed by atoms with E-state index in [9.17, 15) is 0 Å². The van der Waals surface area contributed by atoms with Crippen molar-refractivity contribution in [2.75, 3.05) is 30.9 Å². The number of nitrogens with zero attached hydrogens (tertiary/aromatic N) is 2. The highest BCUT2D eigenvalue weighted by atomic mass is 16.5. The van der Waals surface area contributed by atoms with E-state index in [-0.39, 0.29) is 5.54 Å². The second-order valence-electron chi connectivity index (χ2n) is 6.15. The molecule has 1 aliphatic rings. The first kappa shape index (κ1) is 15.0. The summed E-state index contributed by atoms with van der Waals surface area (Å²) in [4.78, 5) is 9.39. The Kier molecular flexibility index (Phi) is 4.48. The molecule has 5 nitrogen and oxygen atoms in total. The van der Waals surface area contributed by atoms with Gasteiger partial charge in [0.15, 0.2) is 0 Å². The molecule has 1 aromatic rings. The predicted molar refractivity (Wildman–Crippen MR) is 82.5 cm³/mol. The fourth-order valence-corrected chi connectivity index (χ4v) is 2.24. The van der Waals surface area contributed by atoms with Gasteiger partial charge in [-0.05, 0) is 40.5 Å². The number of anilines is 2. The van der Waals surface area contributed by atoms with Gasteiger partial charge >= 0.3 is 0 Å². The zero-order chi connectivity index (χ0) is 14.8. The molecule has 1 aliphatic carbocycles. The standard InChI is InChI=1S/C15H26N4O/c1-6-16-12-10(2)13(19-15(3,4)9-20-5)18-14(17-12)11-7-8-11/h11H,6-9H2,1-5H3,(H2,16,17,18,19). The van der Waals surface area contributed by atoms with Crippen LogP contribution >= 0.6 is 0 Å². The van der Waals surface area contributed by atoms with E-state index >= 15 is 0 Å². The summed E-state index contributed by atoms with van der Waals surface area (Å²) in [5, 5.41) is 6.83. The van der Waals surface area contributed by atoms with Gasteiger partial charge in [0.1, 0.15) is 17.5 Å². The van der Waals surface area contributed by atoms with Gasteiger partial charge in [-0.15, -0.1) is 0 Å². The number of hydrogen-bond donors (Lipinski definition) is 2. The lowest BCUT2D eigenvalue weighted by molar-refractivity contribution is 0.158. The molecular weight excluding hydrogens is 252 g/mol. The van der Waals surface area contributed by atoms with Crippen LogP contribution in [0.4, 0.5) is 11.6 Å². The second-order valence-corrected chi connectivity index (χ2v) is 6.15. The number of ether oxygens (including phenoxy) is 1. The zero-order valence-electron chi connectivity index (χ0n) is 13.2. The second kappa shape index (κ2) is 5.95. The number of rotatable bonds is 7. The molecule has 0 saturated heterocycles. The molecule has 2 N–H and O–H groups in total. The highest BCUT2D eigenvalue weighted by Crippen LogP contribution is 2.39. The van der Waals surface area contributed by atoms with E-state index in [4.69, 9.17) is 9.72 Å². The van der Waals surface area contributed by atoms with Gasteiger partial charge in [0, 0.05) is 25.1 Å². The van der Waals surface area contributed by atoms with Crippen molar-refractivity contribution in [2.45, 2.75) is 52.0 Å². The Hall–Kier alpha value is -1.36. The monoisotopic (exact) mass is 278 g/mol. The molecule has 0 unspecified atom stereocenters. The maximum absolute atomic E-state index is 5.26. The number of methoxy groups -OCH3 is 1. The topological polar surface area (TPSA) is 59.1 Å². The van der Waals surface area contributed by atoms with E-state index in [2.05, 4.69) is 43.3 Å². The summed E-state index contributed by atoms with van der Waals surface area (Å²) in [6.45, 7) is 9.86. The molecule has 1 saturated carbocycles. The van der Waals surface area contributed by atoms with Crippen LogP contribution in [0, 0.1) is 6.92 Å². The van der Waals surface area contributed by atoms with Gasteiger partial charge in [-0.2, -0.15) is 0 Å². The van der Waals surface area contributed by atoms with Crippen molar-refractivity contribution >= 4 is 11.6 Å². The number of hydrogen-bond acceptors (Lipinski definition) is 5. The Bertz CT molecular complexity index is 469. The third kappa shape index (κ3) is 3.60. The van der Waals surface area contributed by atoms with Crippen LogP contribution < -0.4 is 10.6 Å². The summed E-state index contributed by atoms with van der Waals surface area (Å²) < 4.78 is 5.26. The first-order chi connectivity index (χ1) is 9.46. The number of aromatic nitrogens is 2. The highest BCUT2D eigenvalue weighted by molar-refractivity contribution is 5.58. The smallest absolute Gasteiger partial charge is 0.136 e. The van der Waals surface area contributed by atoms with Gasteiger partial charge < -0.3 is 15.4 Å². The Morgan fingerprint density at radius 2 is 1.90 bits per heavy atom. The van der Waals surface area contributed by atoms with E-state index in [0.717, 1.165) is 29.6 Å². The fourth-order valence-electron chi connectivity index (χ4n) is 2.24. The van der Waals surface area contributed by atoms with Crippen LogP contribution in [0.5, 0.6) is 0 Å². The van der Waals surface area contributed by atoms with Crippen LogP contribution in [-0.4, -0.2) is 35.8 Å². The molecule has 0 atom stereocenters. The minimum Gasteiger partial charge on any atom is -0.382 e. The third-order valence-corrected chi connectivity index (χ3v) is 3.41.